The van der Waals surface area contributed by atoms with E-state index < -0.39 is 0 Å². The van der Waals surface area contributed by atoms with Gasteiger partial charge in [-0.2, -0.15) is 0 Å². The van der Waals surface area contributed by atoms with Crippen LogP contribution in [0.1, 0.15) is 24.5 Å². The Morgan fingerprint density at radius 1 is 1.30 bits per heavy atom. The first-order chi connectivity index (χ1) is 9.19. The summed E-state index contributed by atoms with van der Waals surface area (Å²) in [5, 5.41) is 0. The molecule has 2 atom stereocenters. The molecule has 1 saturated heterocycles. The molecule has 1 aromatic heterocycles. The van der Waals surface area contributed by atoms with Crippen molar-refractivity contribution in [3.63, 3.8) is 0 Å². The molecular formula is C14H20ClN3O2. The lowest BCUT2D eigenvalue weighted by molar-refractivity contribution is -0.133. The highest BCUT2D eigenvalue weighted by molar-refractivity contribution is 5.85. The predicted octanol–water partition coefficient (Wildman–Crippen LogP) is 0.565. The first-order valence-electron chi connectivity index (χ1n) is 6.86. The van der Waals surface area contributed by atoms with Crippen molar-refractivity contribution in [2.24, 2.45) is 11.7 Å². The number of nitrogens with two attached hydrogens (primary N) is 1. The van der Waals surface area contributed by atoms with Crippen molar-refractivity contribution in [3.05, 3.63) is 34.2 Å². The molecular weight excluding hydrogens is 278 g/mol. The summed E-state index contributed by atoms with van der Waals surface area (Å²) in [5.74, 6) is 0.833. The number of carbonyl (C=O) groups excluding carboxylic acids is 1. The Hall–Kier alpha value is -1.33. The summed E-state index contributed by atoms with van der Waals surface area (Å²) in [6.07, 6.45) is 1.50. The quantitative estimate of drug-likeness (QED) is 0.867. The number of carbonyl (C=O) groups is 1. The van der Waals surface area contributed by atoms with Gasteiger partial charge in [0, 0.05) is 50.3 Å². The molecule has 2 aliphatic rings. The molecule has 0 spiro atoms. The van der Waals surface area contributed by atoms with Crippen LogP contribution in [0.25, 0.3) is 0 Å². The zero-order chi connectivity index (χ0) is 13.4. The average Bonchev–Trinajstić information content (AvgIpc) is 2.40. The van der Waals surface area contributed by atoms with E-state index in [0.29, 0.717) is 24.8 Å². The van der Waals surface area contributed by atoms with Crippen LogP contribution < -0.4 is 11.3 Å². The topological polar surface area (TPSA) is 68.3 Å². The summed E-state index contributed by atoms with van der Waals surface area (Å²) in [5.41, 5.74) is 6.61. The van der Waals surface area contributed by atoms with Crippen LogP contribution in [-0.2, 0) is 11.3 Å². The van der Waals surface area contributed by atoms with Gasteiger partial charge < -0.3 is 15.2 Å². The van der Waals surface area contributed by atoms with Crippen LogP contribution in [0.5, 0.6) is 0 Å². The van der Waals surface area contributed by atoms with Crippen molar-refractivity contribution in [2.75, 3.05) is 19.6 Å². The molecule has 110 valence electrons. The van der Waals surface area contributed by atoms with Crippen molar-refractivity contribution < 1.29 is 4.79 Å². The van der Waals surface area contributed by atoms with Crippen molar-refractivity contribution in [3.8, 4) is 0 Å². The van der Waals surface area contributed by atoms with E-state index in [9.17, 15) is 9.59 Å². The molecule has 3 heterocycles. The maximum Gasteiger partial charge on any atom is 0.250 e. The Kier molecular flexibility index (Phi) is 4.50. The number of hydrogen-bond acceptors (Lipinski definition) is 3. The Balaban J connectivity index is 0.00000147. The van der Waals surface area contributed by atoms with Crippen molar-refractivity contribution in [1.82, 2.24) is 9.47 Å². The maximum absolute atomic E-state index is 12.0. The van der Waals surface area contributed by atoms with Crippen LogP contribution in [0.3, 0.4) is 0 Å². The zero-order valence-electron chi connectivity index (χ0n) is 11.3. The summed E-state index contributed by atoms with van der Waals surface area (Å²) >= 11 is 0. The second-order valence-corrected chi connectivity index (χ2v) is 5.54. The highest BCUT2D eigenvalue weighted by atomic mass is 35.5. The second kappa shape index (κ2) is 5.97. The predicted molar refractivity (Wildman–Crippen MR) is 79.0 cm³/mol. The Morgan fingerprint density at radius 2 is 2.10 bits per heavy atom. The molecule has 2 bridgehead atoms. The third kappa shape index (κ3) is 2.60. The number of aromatic nitrogens is 1. The van der Waals surface area contributed by atoms with Crippen LogP contribution >= 0.6 is 12.4 Å². The van der Waals surface area contributed by atoms with Gasteiger partial charge in [0.05, 0.1) is 0 Å². The lowest BCUT2D eigenvalue weighted by atomic mass is 9.83. The van der Waals surface area contributed by atoms with Gasteiger partial charge in [-0.1, -0.05) is 6.07 Å². The smallest absolute Gasteiger partial charge is 0.250 e. The molecule has 1 amide bonds. The Labute approximate surface area is 124 Å². The molecule has 2 N–H and O–H groups in total. The first-order valence-corrected chi connectivity index (χ1v) is 6.86. The highest BCUT2D eigenvalue weighted by Crippen LogP contribution is 2.34. The summed E-state index contributed by atoms with van der Waals surface area (Å²) < 4.78 is 1.88. The lowest BCUT2D eigenvalue weighted by Gasteiger charge is -2.42. The number of nitrogens with zero attached hydrogens (tertiary/aromatic N) is 2. The monoisotopic (exact) mass is 297 g/mol. The molecule has 20 heavy (non-hydrogen) atoms. The van der Waals surface area contributed by atoms with Crippen LogP contribution in [0.15, 0.2) is 23.0 Å². The summed E-state index contributed by atoms with van der Waals surface area (Å²) in [6.45, 7) is 2.62. The van der Waals surface area contributed by atoms with Crippen molar-refractivity contribution >= 4 is 18.3 Å². The van der Waals surface area contributed by atoms with Crippen molar-refractivity contribution in [2.45, 2.75) is 25.3 Å². The van der Waals surface area contributed by atoms with Crippen LogP contribution in [0.2, 0.25) is 0 Å². The van der Waals surface area contributed by atoms with Gasteiger partial charge >= 0.3 is 0 Å². The molecule has 1 aromatic rings. The van der Waals surface area contributed by atoms with Crippen LogP contribution in [-0.4, -0.2) is 35.0 Å². The number of likely N-dealkylation sites (tertiary alicyclic amines) is 1. The van der Waals surface area contributed by atoms with Gasteiger partial charge in [-0.25, -0.2) is 0 Å². The van der Waals surface area contributed by atoms with E-state index in [1.54, 1.807) is 6.07 Å². The Bertz CT molecular complexity index is 558. The largest absolute Gasteiger partial charge is 0.342 e. The van der Waals surface area contributed by atoms with Crippen molar-refractivity contribution in [1.29, 1.82) is 0 Å². The van der Waals surface area contributed by atoms with Gasteiger partial charge in [0.25, 0.3) is 5.56 Å². The molecule has 0 unspecified atom stereocenters. The number of rotatable bonds is 2. The average molecular weight is 298 g/mol. The Morgan fingerprint density at radius 3 is 2.85 bits per heavy atom. The molecule has 3 rings (SSSR count). The van der Waals surface area contributed by atoms with Gasteiger partial charge in [0.2, 0.25) is 5.91 Å². The van der Waals surface area contributed by atoms with Gasteiger partial charge in [-0.3, -0.25) is 9.59 Å². The number of pyridine rings is 1. The molecule has 5 nitrogen and oxygen atoms in total. The molecule has 0 aliphatic carbocycles. The number of hydrogen-bond donors (Lipinski definition) is 1. The van der Waals surface area contributed by atoms with Gasteiger partial charge in [-0.15, -0.1) is 12.4 Å². The molecule has 0 saturated carbocycles. The normalized spacial score (nSPS) is 23.8. The fourth-order valence-electron chi connectivity index (χ4n) is 3.38. The van der Waals surface area contributed by atoms with Gasteiger partial charge in [0.1, 0.15) is 0 Å². The van der Waals surface area contributed by atoms with E-state index in [1.165, 1.54) is 0 Å². The number of piperidine rings is 1. The maximum atomic E-state index is 12.0. The van der Waals surface area contributed by atoms with E-state index >= 15 is 0 Å². The zero-order valence-corrected chi connectivity index (χ0v) is 12.1. The number of halogens is 1. The summed E-state index contributed by atoms with van der Waals surface area (Å²) in [4.78, 5) is 25.8. The number of fused-ring (bicyclic) bond motifs is 4. The third-order valence-electron chi connectivity index (χ3n) is 4.19. The van der Waals surface area contributed by atoms with Gasteiger partial charge in [0.15, 0.2) is 0 Å². The molecule has 1 fully saturated rings. The fraction of sp³-hybridized carbons (Fsp3) is 0.571. The third-order valence-corrected chi connectivity index (χ3v) is 4.19. The molecule has 6 heteroatoms. The van der Waals surface area contributed by atoms with Crippen LogP contribution in [0.4, 0.5) is 0 Å². The minimum Gasteiger partial charge on any atom is -0.342 e. The molecule has 0 aromatic carbocycles. The summed E-state index contributed by atoms with van der Waals surface area (Å²) in [7, 11) is 0. The van der Waals surface area contributed by atoms with E-state index in [4.69, 9.17) is 5.73 Å². The van der Waals surface area contributed by atoms with E-state index in [2.05, 4.69) is 0 Å². The van der Waals surface area contributed by atoms with E-state index in [0.717, 1.165) is 31.7 Å². The second-order valence-electron chi connectivity index (χ2n) is 5.54. The van der Waals surface area contributed by atoms with E-state index in [-0.39, 0.29) is 23.9 Å². The SMILES string of the molecule is Cl.NCCC(=O)N1C[C@H]2C[C@@H](C1)c1cccc(=O)n1C2. The minimum absolute atomic E-state index is 0. The van der Waals surface area contributed by atoms with E-state index in [1.807, 2.05) is 21.6 Å². The standard InChI is InChI=1S/C14H19N3O2.ClH/c15-5-4-13(18)16-7-10-6-11(9-16)12-2-1-3-14(19)17(12)8-10;/h1-3,10-11H,4-9,15H2;1H/t10-,11+;/m1./s1. The molecule has 0 radical (unpaired) electrons. The minimum atomic E-state index is 0. The highest BCUT2D eigenvalue weighted by Gasteiger charge is 2.35. The first kappa shape index (κ1) is 15.1. The van der Waals surface area contributed by atoms with Crippen LogP contribution in [0, 0.1) is 5.92 Å². The van der Waals surface area contributed by atoms with Gasteiger partial charge in [-0.05, 0) is 18.4 Å². The lowest BCUT2D eigenvalue weighted by Crippen LogP contribution is -2.49. The summed E-state index contributed by atoms with van der Waals surface area (Å²) in [6, 6.07) is 5.44. The molecule has 2 aliphatic heterocycles. The fourth-order valence-corrected chi connectivity index (χ4v) is 3.38. The number of amides is 1.